The van der Waals surface area contributed by atoms with Crippen LogP contribution < -0.4 is 10.6 Å². The van der Waals surface area contributed by atoms with Gasteiger partial charge in [0.25, 0.3) is 0 Å². The van der Waals surface area contributed by atoms with Gasteiger partial charge in [0, 0.05) is 11.9 Å². The molecule has 1 aromatic rings. The Kier molecular flexibility index (Phi) is 6.42. The summed E-state index contributed by atoms with van der Waals surface area (Å²) >= 11 is 5.89. The molecule has 0 heterocycles. The quantitative estimate of drug-likeness (QED) is 0.691. The van der Waals surface area contributed by atoms with E-state index < -0.39 is 17.6 Å². The molecule has 1 aromatic carbocycles. The van der Waals surface area contributed by atoms with Crippen molar-refractivity contribution in [1.29, 1.82) is 0 Å². The topological polar surface area (TPSA) is 95.5 Å². The highest BCUT2D eigenvalue weighted by Gasteiger charge is 2.37. The Hall–Kier alpha value is -2.08. The highest BCUT2D eigenvalue weighted by atomic mass is 35.5. The average Bonchev–Trinajstić information content (AvgIpc) is 2.93. The van der Waals surface area contributed by atoms with Gasteiger partial charge in [0.15, 0.2) is 0 Å². The largest absolute Gasteiger partial charge is 0.481 e. The summed E-state index contributed by atoms with van der Waals surface area (Å²) in [5, 5.41) is 15.4. The zero-order chi connectivity index (χ0) is 18.4. The van der Waals surface area contributed by atoms with E-state index in [1.165, 1.54) is 6.92 Å². The number of carbonyl (C=O) groups excluding carboxylic acids is 2. The predicted molar refractivity (Wildman–Crippen MR) is 94.2 cm³/mol. The van der Waals surface area contributed by atoms with Gasteiger partial charge in [-0.15, -0.1) is 0 Å². The van der Waals surface area contributed by atoms with Gasteiger partial charge in [0.2, 0.25) is 11.8 Å². The van der Waals surface area contributed by atoms with Gasteiger partial charge in [-0.3, -0.25) is 14.4 Å². The van der Waals surface area contributed by atoms with Crippen LogP contribution in [0, 0.1) is 0 Å². The fourth-order valence-electron chi connectivity index (χ4n) is 3.41. The summed E-state index contributed by atoms with van der Waals surface area (Å²) in [5.41, 5.74) is 0.0948. The minimum absolute atomic E-state index is 0.0442. The molecule has 6 nitrogen and oxygen atoms in total. The highest BCUT2D eigenvalue weighted by molar-refractivity contribution is 6.30. The van der Waals surface area contributed by atoms with Crippen LogP contribution in [0.15, 0.2) is 24.3 Å². The number of halogens is 1. The number of carbonyl (C=O) groups is 3. The number of hydrogen-bond donors (Lipinski definition) is 3. The van der Waals surface area contributed by atoms with E-state index in [1.54, 1.807) is 24.3 Å². The van der Waals surface area contributed by atoms with Crippen molar-refractivity contribution in [2.24, 2.45) is 0 Å². The van der Waals surface area contributed by atoms with Crippen LogP contribution >= 0.6 is 11.6 Å². The molecule has 1 aliphatic carbocycles. The Morgan fingerprint density at radius 3 is 2.32 bits per heavy atom. The van der Waals surface area contributed by atoms with Crippen LogP contribution in [-0.2, 0) is 14.4 Å². The van der Waals surface area contributed by atoms with E-state index >= 15 is 0 Å². The normalized spacial score (nSPS) is 16.9. The predicted octanol–water partition coefficient (Wildman–Crippen LogP) is 2.81. The van der Waals surface area contributed by atoms with Gasteiger partial charge in [0.1, 0.15) is 0 Å². The summed E-state index contributed by atoms with van der Waals surface area (Å²) < 4.78 is 0. The van der Waals surface area contributed by atoms with Gasteiger partial charge >= 0.3 is 5.97 Å². The van der Waals surface area contributed by atoms with Gasteiger partial charge < -0.3 is 15.7 Å². The van der Waals surface area contributed by atoms with Crippen LogP contribution in [0.5, 0.6) is 0 Å². The second-order valence-corrected chi connectivity index (χ2v) is 7.05. The summed E-state index contributed by atoms with van der Waals surface area (Å²) in [6.45, 7) is 1.39. The Morgan fingerprint density at radius 2 is 1.80 bits per heavy atom. The minimum atomic E-state index is -0.918. The fourth-order valence-corrected chi connectivity index (χ4v) is 3.54. The number of hydrogen-bond acceptors (Lipinski definition) is 3. The summed E-state index contributed by atoms with van der Waals surface area (Å²) in [6.07, 6.45) is 3.10. The summed E-state index contributed by atoms with van der Waals surface area (Å²) in [4.78, 5) is 35.2. The first kappa shape index (κ1) is 19.2. The molecule has 2 amide bonds. The minimum Gasteiger partial charge on any atom is -0.481 e. The van der Waals surface area contributed by atoms with Crippen LogP contribution in [0.2, 0.25) is 5.02 Å². The summed E-state index contributed by atoms with van der Waals surface area (Å²) in [6, 6.07) is 6.44. The van der Waals surface area contributed by atoms with Crippen molar-refractivity contribution in [3.8, 4) is 0 Å². The van der Waals surface area contributed by atoms with Crippen LogP contribution in [0.4, 0.5) is 0 Å². The lowest BCUT2D eigenvalue weighted by molar-refractivity contribution is -0.139. The molecule has 0 bridgehead atoms. The molecular weight excluding hydrogens is 344 g/mol. The van der Waals surface area contributed by atoms with Gasteiger partial charge in [0.05, 0.1) is 24.4 Å². The zero-order valence-corrected chi connectivity index (χ0v) is 14.9. The third kappa shape index (κ3) is 5.74. The molecule has 3 N–H and O–H groups in total. The van der Waals surface area contributed by atoms with E-state index in [0.717, 1.165) is 18.4 Å². The number of carboxylic acid groups (broad SMARTS) is 1. The van der Waals surface area contributed by atoms with Gasteiger partial charge in [-0.05, 0) is 30.5 Å². The molecule has 1 atom stereocenters. The van der Waals surface area contributed by atoms with Crippen molar-refractivity contribution in [3.05, 3.63) is 34.9 Å². The molecule has 1 fully saturated rings. The first-order valence-corrected chi connectivity index (χ1v) is 8.73. The van der Waals surface area contributed by atoms with Crippen molar-refractivity contribution in [1.82, 2.24) is 10.6 Å². The fraction of sp³-hybridized carbons (Fsp3) is 0.500. The van der Waals surface area contributed by atoms with E-state index in [9.17, 15) is 14.4 Å². The third-order valence-electron chi connectivity index (χ3n) is 4.49. The molecule has 0 spiro atoms. The maximum Gasteiger partial charge on any atom is 0.305 e. The molecule has 1 aliphatic rings. The Balaban J connectivity index is 2.09. The molecule has 0 saturated heterocycles. The number of carboxylic acids is 1. The maximum atomic E-state index is 12.5. The van der Waals surface area contributed by atoms with Crippen LogP contribution in [-0.4, -0.2) is 28.4 Å². The molecule has 0 aliphatic heterocycles. The number of benzene rings is 1. The molecule has 136 valence electrons. The van der Waals surface area contributed by atoms with E-state index in [2.05, 4.69) is 10.6 Å². The SMILES string of the molecule is CC(=O)NC(CC(=O)NC1(CC(=O)O)CCCC1)c1ccc(Cl)cc1. The zero-order valence-electron chi connectivity index (χ0n) is 14.2. The molecular formula is C18H23ClN2O4. The van der Waals surface area contributed by atoms with Gasteiger partial charge in [-0.2, -0.15) is 0 Å². The first-order chi connectivity index (χ1) is 11.8. The average molecular weight is 367 g/mol. The van der Waals surface area contributed by atoms with Crippen LogP contribution in [0.25, 0.3) is 0 Å². The summed E-state index contributed by atoms with van der Waals surface area (Å²) in [5.74, 6) is -1.43. The van der Waals surface area contributed by atoms with Crippen molar-refractivity contribution >= 4 is 29.4 Å². The third-order valence-corrected chi connectivity index (χ3v) is 4.75. The lowest BCUT2D eigenvalue weighted by Crippen LogP contribution is -2.48. The van der Waals surface area contributed by atoms with E-state index in [1.807, 2.05) is 0 Å². The monoisotopic (exact) mass is 366 g/mol. The molecule has 0 aromatic heterocycles. The molecule has 1 saturated carbocycles. The number of nitrogens with one attached hydrogen (secondary N) is 2. The standard InChI is InChI=1S/C18H23ClN2O4/c1-12(22)20-15(13-4-6-14(19)7-5-13)10-16(23)21-18(11-17(24)25)8-2-3-9-18/h4-7,15H,2-3,8-11H2,1H3,(H,20,22)(H,21,23)(H,24,25). The smallest absolute Gasteiger partial charge is 0.305 e. The highest BCUT2D eigenvalue weighted by Crippen LogP contribution is 2.33. The molecule has 1 unspecified atom stereocenters. The Morgan fingerprint density at radius 1 is 1.20 bits per heavy atom. The lowest BCUT2D eigenvalue weighted by Gasteiger charge is -2.30. The van der Waals surface area contributed by atoms with E-state index in [0.29, 0.717) is 17.9 Å². The number of rotatable bonds is 7. The molecule has 2 rings (SSSR count). The van der Waals surface area contributed by atoms with E-state index in [4.69, 9.17) is 16.7 Å². The van der Waals surface area contributed by atoms with Crippen molar-refractivity contribution in [3.63, 3.8) is 0 Å². The first-order valence-electron chi connectivity index (χ1n) is 8.35. The van der Waals surface area contributed by atoms with Gasteiger partial charge in [-0.25, -0.2) is 0 Å². The van der Waals surface area contributed by atoms with Crippen LogP contribution in [0.1, 0.15) is 57.1 Å². The number of aliphatic carboxylic acids is 1. The molecule has 0 radical (unpaired) electrons. The van der Waals surface area contributed by atoms with Gasteiger partial charge in [-0.1, -0.05) is 36.6 Å². The van der Waals surface area contributed by atoms with Crippen molar-refractivity contribution in [2.75, 3.05) is 0 Å². The van der Waals surface area contributed by atoms with Crippen molar-refractivity contribution < 1.29 is 19.5 Å². The van der Waals surface area contributed by atoms with Crippen LogP contribution in [0.3, 0.4) is 0 Å². The Bertz CT molecular complexity index is 639. The molecule has 25 heavy (non-hydrogen) atoms. The second kappa shape index (κ2) is 8.34. The number of amides is 2. The maximum absolute atomic E-state index is 12.5. The lowest BCUT2D eigenvalue weighted by atomic mass is 9.92. The second-order valence-electron chi connectivity index (χ2n) is 6.61. The summed E-state index contributed by atoms with van der Waals surface area (Å²) in [7, 11) is 0. The Labute approximate surface area is 151 Å². The van der Waals surface area contributed by atoms with E-state index in [-0.39, 0.29) is 24.7 Å². The molecule has 7 heteroatoms. The van der Waals surface area contributed by atoms with Crippen molar-refractivity contribution in [2.45, 2.75) is 57.0 Å².